The van der Waals surface area contributed by atoms with Gasteiger partial charge in [0.05, 0.1) is 5.60 Å². The summed E-state index contributed by atoms with van der Waals surface area (Å²) < 4.78 is 6.27. The van der Waals surface area contributed by atoms with Gasteiger partial charge in [0.15, 0.2) is 8.32 Å². The number of hydrogen-bond donors (Lipinski definition) is 0. The van der Waals surface area contributed by atoms with E-state index in [2.05, 4.69) is 31.8 Å². The zero-order valence-corrected chi connectivity index (χ0v) is 9.97. The Kier molecular flexibility index (Phi) is 2.15. The molecule has 0 N–H and O–H groups in total. The van der Waals surface area contributed by atoms with E-state index in [1.54, 1.807) is 0 Å². The minimum Gasteiger partial charge on any atom is -0.408 e. The van der Waals surface area contributed by atoms with E-state index in [0.717, 1.165) is 5.92 Å². The first-order chi connectivity index (χ1) is 6.02. The average molecular weight is 196 g/mol. The van der Waals surface area contributed by atoms with E-state index in [9.17, 15) is 0 Å². The van der Waals surface area contributed by atoms with E-state index < -0.39 is 8.32 Å². The molecular formula is C11H20OSi. The first-order valence-corrected chi connectivity index (χ1v) is 8.81. The van der Waals surface area contributed by atoms with Gasteiger partial charge < -0.3 is 4.43 Å². The molecule has 1 fully saturated rings. The van der Waals surface area contributed by atoms with Gasteiger partial charge in [0.25, 0.3) is 0 Å². The van der Waals surface area contributed by atoms with Crippen LogP contribution in [0.4, 0.5) is 0 Å². The molecule has 1 saturated carbocycles. The van der Waals surface area contributed by atoms with Crippen LogP contribution in [0, 0.1) is 5.92 Å². The van der Waals surface area contributed by atoms with E-state index in [1.165, 1.54) is 25.7 Å². The van der Waals surface area contributed by atoms with E-state index in [4.69, 9.17) is 4.43 Å². The number of rotatable bonds is 2. The molecule has 0 saturated heterocycles. The second-order valence-electron chi connectivity index (χ2n) is 5.40. The summed E-state index contributed by atoms with van der Waals surface area (Å²) in [7, 11) is -1.35. The Morgan fingerprint density at radius 3 is 2.85 bits per heavy atom. The molecule has 0 aromatic rings. The van der Waals surface area contributed by atoms with Crippen molar-refractivity contribution >= 4 is 8.32 Å². The molecule has 0 heterocycles. The Morgan fingerprint density at radius 2 is 2.15 bits per heavy atom. The van der Waals surface area contributed by atoms with Crippen LogP contribution in [0.5, 0.6) is 0 Å². The summed E-state index contributed by atoms with van der Waals surface area (Å²) in [4.78, 5) is 0. The van der Waals surface area contributed by atoms with Crippen LogP contribution < -0.4 is 0 Å². The maximum absolute atomic E-state index is 6.27. The quantitative estimate of drug-likeness (QED) is 0.486. The summed E-state index contributed by atoms with van der Waals surface area (Å²) in [6.45, 7) is 6.86. The predicted octanol–water partition coefficient (Wildman–Crippen LogP) is 3.34. The molecule has 0 radical (unpaired) electrons. The lowest BCUT2D eigenvalue weighted by molar-refractivity contribution is 0.201. The minimum atomic E-state index is -1.35. The van der Waals surface area contributed by atoms with Gasteiger partial charge >= 0.3 is 0 Å². The number of hydrogen-bond acceptors (Lipinski definition) is 1. The van der Waals surface area contributed by atoms with Crippen molar-refractivity contribution in [2.24, 2.45) is 5.92 Å². The summed E-state index contributed by atoms with van der Waals surface area (Å²) in [5.74, 6) is 0.845. The molecule has 0 aromatic heterocycles. The lowest BCUT2D eigenvalue weighted by atomic mass is 10.2. The Hall–Kier alpha value is -0.0831. The van der Waals surface area contributed by atoms with Crippen molar-refractivity contribution in [1.29, 1.82) is 0 Å². The van der Waals surface area contributed by atoms with Gasteiger partial charge in [0, 0.05) is 0 Å². The van der Waals surface area contributed by atoms with Gasteiger partial charge in [-0.15, -0.1) is 0 Å². The van der Waals surface area contributed by atoms with Crippen LogP contribution in [0.25, 0.3) is 0 Å². The molecule has 2 atom stereocenters. The minimum absolute atomic E-state index is 0.195. The fourth-order valence-electron chi connectivity index (χ4n) is 2.37. The van der Waals surface area contributed by atoms with Gasteiger partial charge in [-0.1, -0.05) is 12.2 Å². The summed E-state index contributed by atoms with van der Waals surface area (Å²) in [5.41, 5.74) is 0.195. The van der Waals surface area contributed by atoms with Crippen molar-refractivity contribution in [3.8, 4) is 0 Å². The van der Waals surface area contributed by atoms with Crippen molar-refractivity contribution in [3.05, 3.63) is 12.2 Å². The van der Waals surface area contributed by atoms with Crippen LogP contribution in [-0.4, -0.2) is 13.9 Å². The van der Waals surface area contributed by atoms with Crippen LogP contribution in [-0.2, 0) is 4.43 Å². The SMILES string of the molecule is C[Si](C)(C)OC12C=CCCCC1C2. The number of fused-ring (bicyclic) bond motifs is 1. The van der Waals surface area contributed by atoms with E-state index in [-0.39, 0.29) is 5.60 Å². The first kappa shape index (κ1) is 9.47. The highest BCUT2D eigenvalue weighted by molar-refractivity contribution is 6.69. The van der Waals surface area contributed by atoms with E-state index in [1.807, 2.05) is 0 Å². The fourth-order valence-corrected chi connectivity index (χ4v) is 3.83. The topological polar surface area (TPSA) is 9.23 Å². The lowest BCUT2D eigenvalue weighted by Crippen LogP contribution is -2.33. The van der Waals surface area contributed by atoms with Crippen LogP contribution in [0.15, 0.2) is 12.2 Å². The Morgan fingerprint density at radius 1 is 1.38 bits per heavy atom. The van der Waals surface area contributed by atoms with Gasteiger partial charge in [-0.2, -0.15) is 0 Å². The third-order valence-corrected chi connectivity index (χ3v) is 3.91. The normalized spacial score (nSPS) is 38.2. The Balaban J connectivity index is 2.05. The molecule has 0 aromatic carbocycles. The Bertz CT molecular complexity index is 229. The molecule has 74 valence electrons. The summed E-state index contributed by atoms with van der Waals surface area (Å²) in [5, 5.41) is 0. The highest BCUT2D eigenvalue weighted by Crippen LogP contribution is 2.53. The molecule has 1 nitrogen and oxygen atoms in total. The van der Waals surface area contributed by atoms with Crippen LogP contribution >= 0.6 is 0 Å². The van der Waals surface area contributed by atoms with Gasteiger partial charge in [0.2, 0.25) is 0 Å². The zero-order chi connectivity index (χ0) is 9.53. The molecule has 2 unspecified atom stereocenters. The predicted molar refractivity (Wildman–Crippen MR) is 58.3 cm³/mol. The highest BCUT2D eigenvalue weighted by atomic mass is 28.4. The molecule has 2 aliphatic rings. The summed E-state index contributed by atoms with van der Waals surface area (Å²) in [6.07, 6.45) is 9.95. The second kappa shape index (κ2) is 2.96. The van der Waals surface area contributed by atoms with Crippen LogP contribution in [0.1, 0.15) is 25.7 Å². The van der Waals surface area contributed by atoms with Gasteiger partial charge in [-0.25, -0.2) is 0 Å². The third kappa shape index (κ3) is 2.05. The van der Waals surface area contributed by atoms with Crippen molar-refractivity contribution < 1.29 is 4.43 Å². The Labute approximate surface area is 82.3 Å². The molecule has 0 bridgehead atoms. The molecule has 0 aliphatic heterocycles. The third-order valence-electron chi connectivity index (χ3n) is 2.92. The largest absolute Gasteiger partial charge is 0.408 e. The summed E-state index contributed by atoms with van der Waals surface area (Å²) in [6, 6.07) is 0. The maximum Gasteiger partial charge on any atom is 0.184 e. The fraction of sp³-hybridized carbons (Fsp3) is 0.818. The van der Waals surface area contributed by atoms with Crippen molar-refractivity contribution in [3.63, 3.8) is 0 Å². The molecule has 0 amide bonds. The van der Waals surface area contributed by atoms with Crippen molar-refractivity contribution in [2.45, 2.75) is 50.9 Å². The molecule has 2 heteroatoms. The zero-order valence-electron chi connectivity index (χ0n) is 8.97. The van der Waals surface area contributed by atoms with Crippen molar-refractivity contribution in [1.82, 2.24) is 0 Å². The number of allylic oxidation sites excluding steroid dienone is 1. The summed E-state index contributed by atoms with van der Waals surface area (Å²) >= 11 is 0. The monoisotopic (exact) mass is 196 g/mol. The van der Waals surface area contributed by atoms with Crippen LogP contribution in [0.2, 0.25) is 19.6 Å². The van der Waals surface area contributed by atoms with Gasteiger partial charge in [-0.3, -0.25) is 0 Å². The van der Waals surface area contributed by atoms with Crippen molar-refractivity contribution in [2.75, 3.05) is 0 Å². The van der Waals surface area contributed by atoms with Gasteiger partial charge in [0.1, 0.15) is 0 Å². The first-order valence-electron chi connectivity index (χ1n) is 5.40. The molecule has 13 heavy (non-hydrogen) atoms. The molecule has 2 aliphatic carbocycles. The average Bonchev–Trinajstić information content (AvgIpc) is 2.57. The molecule has 0 spiro atoms. The smallest absolute Gasteiger partial charge is 0.184 e. The standard InChI is InChI=1S/C11H20OSi/c1-13(2,3)12-11-8-6-4-5-7-10(11)9-11/h6,8,10H,4-5,7,9H2,1-3H3. The van der Waals surface area contributed by atoms with E-state index in [0.29, 0.717) is 0 Å². The lowest BCUT2D eigenvalue weighted by Gasteiger charge is -2.24. The van der Waals surface area contributed by atoms with Gasteiger partial charge in [-0.05, 0) is 51.2 Å². The molecular weight excluding hydrogens is 176 g/mol. The van der Waals surface area contributed by atoms with Crippen LogP contribution in [0.3, 0.4) is 0 Å². The molecule has 2 rings (SSSR count). The second-order valence-corrected chi connectivity index (χ2v) is 9.83. The van der Waals surface area contributed by atoms with E-state index >= 15 is 0 Å². The maximum atomic E-state index is 6.27. The highest BCUT2D eigenvalue weighted by Gasteiger charge is 2.54.